The molecule has 1 aliphatic carbocycles. The monoisotopic (exact) mass is 120 g/mol. The second kappa shape index (κ2) is 2.42. The number of rotatable bonds is 0. The molecule has 0 aliphatic heterocycles. The predicted molar refractivity (Wildman–Crippen MR) is 28.3 cm³/mol. The summed E-state index contributed by atoms with van der Waals surface area (Å²) >= 11 is 0. The molecule has 1 saturated carbocycles. The molecule has 2 atom stereocenters. The molecule has 0 saturated heterocycles. The van der Waals surface area contributed by atoms with Crippen molar-refractivity contribution in [2.75, 3.05) is 0 Å². The standard InChI is InChI=1S/C6H10F2/c7-5-2-1-3-6(8)4-5/h5-6H,1-4H2/t5-,6-/m0/s1. The Morgan fingerprint density at radius 2 is 1.50 bits per heavy atom. The van der Waals surface area contributed by atoms with Gasteiger partial charge in [-0.2, -0.15) is 0 Å². The minimum atomic E-state index is -0.862. The van der Waals surface area contributed by atoms with Gasteiger partial charge in [0.25, 0.3) is 0 Å². The third kappa shape index (κ3) is 1.42. The van der Waals surface area contributed by atoms with Crippen molar-refractivity contribution in [3.63, 3.8) is 0 Å². The summed E-state index contributed by atoms with van der Waals surface area (Å²) in [4.78, 5) is 0. The van der Waals surface area contributed by atoms with E-state index in [0.29, 0.717) is 12.8 Å². The maximum atomic E-state index is 12.2. The molecule has 0 amide bonds. The number of alkyl halides is 2. The maximum absolute atomic E-state index is 12.2. The van der Waals surface area contributed by atoms with E-state index in [-0.39, 0.29) is 6.42 Å². The SMILES string of the molecule is F[C@H]1CCC[C@H](F)C1. The van der Waals surface area contributed by atoms with Gasteiger partial charge in [-0.3, -0.25) is 0 Å². The smallest absolute Gasteiger partial charge is 0.103 e. The maximum Gasteiger partial charge on any atom is 0.103 e. The zero-order valence-electron chi connectivity index (χ0n) is 4.74. The Bertz CT molecular complexity index is 64.9. The van der Waals surface area contributed by atoms with Gasteiger partial charge in [0, 0.05) is 6.42 Å². The molecule has 0 bridgehead atoms. The van der Waals surface area contributed by atoms with Gasteiger partial charge in [0.15, 0.2) is 0 Å². The first kappa shape index (κ1) is 5.99. The molecule has 0 heterocycles. The molecular formula is C6H10F2. The molecule has 1 fully saturated rings. The van der Waals surface area contributed by atoms with Crippen LogP contribution in [-0.2, 0) is 0 Å². The van der Waals surface area contributed by atoms with Crippen LogP contribution in [0.1, 0.15) is 25.7 Å². The molecule has 0 unspecified atom stereocenters. The molecular weight excluding hydrogens is 110 g/mol. The zero-order valence-corrected chi connectivity index (χ0v) is 4.74. The first-order valence-corrected chi connectivity index (χ1v) is 3.07. The van der Waals surface area contributed by atoms with Gasteiger partial charge in [-0.15, -0.1) is 0 Å². The summed E-state index contributed by atoms with van der Waals surface area (Å²) < 4.78 is 24.4. The van der Waals surface area contributed by atoms with E-state index in [1.165, 1.54) is 0 Å². The van der Waals surface area contributed by atoms with Crippen LogP contribution in [0.5, 0.6) is 0 Å². The molecule has 0 N–H and O–H groups in total. The van der Waals surface area contributed by atoms with Gasteiger partial charge in [0.2, 0.25) is 0 Å². The van der Waals surface area contributed by atoms with E-state index in [1.807, 2.05) is 0 Å². The summed E-state index contributed by atoms with van der Waals surface area (Å²) in [5.74, 6) is 0. The van der Waals surface area contributed by atoms with Crippen molar-refractivity contribution in [3.8, 4) is 0 Å². The molecule has 0 aromatic heterocycles. The van der Waals surface area contributed by atoms with Crippen LogP contribution >= 0.6 is 0 Å². The fourth-order valence-corrected chi connectivity index (χ4v) is 1.07. The lowest BCUT2D eigenvalue weighted by Gasteiger charge is -2.17. The largest absolute Gasteiger partial charge is 0.247 e. The van der Waals surface area contributed by atoms with Crippen molar-refractivity contribution in [3.05, 3.63) is 0 Å². The second-order valence-corrected chi connectivity index (χ2v) is 2.36. The summed E-state index contributed by atoms with van der Waals surface area (Å²) in [5.41, 5.74) is 0. The van der Waals surface area contributed by atoms with Crippen LogP contribution in [0.15, 0.2) is 0 Å². The quantitative estimate of drug-likeness (QED) is 0.460. The van der Waals surface area contributed by atoms with Crippen LogP contribution in [0.4, 0.5) is 8.78 Å². The van der Waals surface area contributed by atoms with E-state index in [9.17, 15) is 8.78 Å². The first-order valence-electron chi connectivity index (χ1n) is 3.07. The molecule has 0 aromatic carbocycles. The highest BCUT2D eigenvalue weighted by Crippen LogP contribution is 2.22. The summed E-state index contributed by atoms with van der Waals surface area (Å²) in [6, 6.07) is 0. The average molecular weight is 120 g/mol. The van der Waals surface area contributed by atoms with E-state index in [1.54, 1.807) is 0 Å². The second-order valence-electron chi connectivity index (χ2n) is 2.36. The molecule has 0 radical (unpaired) electrons. The topological polar surface area (TPSA) is 0 Å². The zero-order chi connectivity index (χ0) is 5.98. The molecule has 8 heavy (non-hydrogen) atoms. The van der Waals surface area contributed by atoms with Gasteiger partial charge in [-0.05, 0) is 19.3 Å². The molecule has 48 valence electrons. The van der Waals surface area contributed by atoms with Gasteiger partial charge in [-0.1, -0.05) is 0 Å². The van der Waals surface area contributed by atoms with Crippen molar-refractivity contribution in [1.29, 1.82) is 0 Å². The summed E-state index contributed by atoms with van der Waals surface area (Å²) in [7, 11) is 0. The third-order valence-corrected chi connectivity index (χ3v) is 1.55. The Morgan fingerprint density at radius 3 is 1.75 bits per heavy atom. The number of hydrogen-bond donors (Lipinski definition) is 0. The Morgan fingerprint density at radius 1 is 1.00 bits per heavy atom. The van der Waals surface area contributed by atoms with Gasteiger partial charge in [-0.25, -0.2) is 8.78 Å². The van der Waals surface area contributed by atoms with Crippen LogP contribution in [-0.4, -0.2) is 12.3 Å². The Hall–Kier alpha value is -0.140. The minimum Gasteiger partial charge on any atom is -0.247 e. The molecule has 2 heteroatoms. The summed E-state index contributed by atoms with van der Waals surface area (Å²) in [5, 5.41) is 0. The van der Waals surface area contributed by atoms with E-state index in [0.717, 1.165) is 6.42 Å². The van der Waals surface area contributed by atoms with Crippen molar-refractivity contribution < 1.29 is 8.78 Å². The lowest BCUT2D eigenvalue weighted by Crippen LogP contribution is -2.16. The van der Waals surface area contributed by atoms with Crippen molar-refractivity contribution in [2.45, 2.75) is 38.0 Å². The third-order valence-electron chi connectivity index (χ3n) is 1.55. The van der Waals surface area contributed by atoms with Gasteiger partial charge >= 0.3 is 0 Å². The van der Waals surface area contributed by atoms with E-state index in [2.05, 4.69) is 0 Å². The van der Waals surface area contributed by atoms with Gasteiger partial charge in [0.1, 0.15) is 12.3 Å². The van der Waals surface area contributed by atoms with Crippen LogP contribution in [0.25, 0.3) is 0 Å². The lowest BCUT2D eigenvalue weighted by atomic mass is 9.97. The lowest BCUT2D eigenvalue weighted by molar-refractivity contribution is 0.159. The van der Waals surface area contributed by atoms with Crippen LogP contribution in [0, 0.1) is 0 Å². The molecule has 0 nitrogen and oxygen atoms in total. The van der Waals surface area contributed by atoms with Crippen LogP contribution < -0.4 is 0 Å². The predicted octanol–water partition coefficient (Wildman–Crippen LogP) is 2.24. The molecule has 0 aromatic rings. The van der Waals surface area contributed by atoms with E-state index in [4.69, 9.17) is 0 Å². The normalized spacial score (nSPS) is 39.8. The van der Waals surface area contributed by atoms with Crippen molar-refractivity contribution in [2.24, 2.45) is 0 Å². The highest BCUT2D eigenvalue weighted by molar-refractivity contribution is 4.70. The summed E-state index contributed by atoms with van der Waals surface area (Å²) in [6.45, 7) is 0. The summed E-state index contributed by atoms with van der Waals surface area (Å²) in [6.07, 6.45) is 0.279. The average Bonchev–Trinajstić information content (AvgIpc) is 1.64. The van der Waals surface area contributed by atoms with Crippen LogP contribution in [0.2, 0.25) is 0 Å². The first-order chi connectivity index (χ1) is 3.79. The van der Waals surface area contributed by atoms with E-state index < -0.39 is 12.3 Å². The Kier molecular flexibility index (Phi) is 1.81. The fraction of sp³-hybridized carbons (Fsp3) is 1.00. The van der Waals surface area contributed by atoms with Gasteiger partial charge in [0.05, 0.1) is 0 Å². The van der Waals surface area contributed by atoms with Gasteiger partial charge < -0.3 is 0 Å². The van der Waals surface area contributed by atoms with E-state index >= 15 is 0 Å². The molecule has 1 rings (SSSR count). The number of halogens is 2. The molecule has 1 aliphatic rings. The van der Waals surface area contributed by atoms with Crippen molar-refractivity contribution in [1.82, 2.24) is 0 Å². The Labute approximate surface area is 47.9 Å². The minimum absolute atomic E-state index is 0.139. The molecule has 0 spiro atoms. The van der Waals surface area contributed by atoms with Crippen molar-refractivity contribution >= 4 is 0 Å². The fourth-order valence-electron chi connectivity index (χ4n) is 1.07. The Balaban J connectivity index is 2.23. The number of hydrogen-bond acceptors (Lipinski definition) is 0. The highest BCUT2D eigenvalue weighted by Gasteiger charge is 2.19. The van der Waals surface area contributed by atoms with Crippen LogP contribution in [0.3, 0.4) is 0 Å². The highest BCUT2D eigenvalue weighted by atomic mass is 19.1.